The van der Waals surface area contributed by atoms with E-state index in [0.717, 1.165) is 17.0 Å². The van der Waals surface area contributed by atoms with Gasteiger partial charge in [0.05, 0.1) is 41.2 Å². The molecule has 1 N–H and O–H groups in total. The fourth-order valence-corrected chi connectivity index (χ4v) is 4.73. The molecule has 0 unspecified atom stereocenters. The van der Waals surface area contributed by atoms with Gasteiger partial charge >= 0.3 is 11.9 Å². The highest BCUT2D eigenvalue weighted by Gasteiger charge is 2.38. The molecule has 0 saturated carbocycles. The van der Waals surface area contributed by atoms with Crippen molar-refractivity contribution >= 4 is 51.5 Å². The number of carbonyl (C=O) groups excluding carboxylic acids is 3. The van der Waals surface area contributed by atoms with Gasteiger partial charge < -0.3 is 14.8 Å². The number of nitrogens with one attached hydrogen (secondary N) is 1. The van der Waals surface area contributed by atoms with Crippen LogP contribution >= 0.6 is 22.9 Å². The Hall–Kier alpha value is -2.98. The number of ether oxygens (including phenoxy) is 2. The molecule has 0 spiro atoms. The summed E-state index contributed by atoms with van der Waals surface area (Å²) in [5, 5.41) is 13.6. The van der Waals surface area contributed by atoms with Gasteiger partial charge in [0, 0.05) is 17.0 Å². The minimum Gasteiger partial charge on any atom is -0.469 e. The normalized spacial score (nSPS) is 14.8. The van der Waals surface area contributed by atoms with Gasteiger partial charge in [-0.1, -0.05) is 11.6 Å². The van der Waals surface area contributed by atoms with Crippen molar-refractivity contribution in [3.05, 3.63) is 54.9 Å². The number of nitro groups is 1. The molecule has 1 aliphatic carbocycles. The monoisotopic (exact) mass is 438 g/mol. The predicted molar refractivity (Wildman–Crippen MR) is 105 cm³/mol. The number of methoxy groups -OCH3 is 2. The van der Waals surface area contributed by atoms with Crippen LogP contribution in [0.25, 0.3) is 0 Å². The first-order valence-electron chi connectivity index (χ1n) is 8.35. The van der Waals surface area contributed by atoms with Gasteiger partial charge in [0.2, 0.25) is 0 Å². The number of hydrogen-bond acceptors (Lipinski definition) is 8. The highest BCUT2D eigenvalue weighted by Crippen LogP contribution is 2.46. The zero-order valence-electron chi connectivity index (χ0n) is 15.3. The zero-order valence-corrected chi connectivity index (χ0v) is 16.9. The molecule has 11 heteroatoms. The number of esters is 2. The van der Waals surface area contributed by atoms with E-state index in [2.05, 4.69) is 5.32 Å². The molecule has 152 valence electrons. The van der Waals surface area contributed by atoms with Crippen molar-refractivity contribution in [1.29, 1.82) is 0 Å². The van der Waals surface area contributed by atoms with Crippen molar-refractivity contribution in [2.24, 2.45) is 0 Å². The van der Waals surface area contributed by atoms with E-state index >= 15 is 0 Å². The molecule has 0 saturated heterocycles. The minimum atomic E-state index is -0.691. The van der Waals surface area contributed by atoms with Crippen LogP contribution in [0.4, 0.5) is 10.7 Å². The number of fused-ring (bicyclic) bond motifs is 1. The zero-order chi connectivity index (χ0) is 21.3. The summed E-state index contributed by atoms with van der Waals surface area (Å²) in [5.41, 5.74) is 0.356. The number of rotatable bonds is 5. The first kappa shape index (κ1) is 20.7. The number of amides is 1. The van der Waals surface area contributed by atoms with Gasteiger partial charge in [-0.25, -0.2) is 4.79 Å². The summed E-state index contributed by atoms with van der Waals surface area (Å²) in [6.45, 7) is 0. The molecule has 0 bridgehead atoms. The van der Waals surface area contributed by atoms with Crippen LogP contribution in [-0.2, 0) is 20.7 Å². The Bertz CT molecular complexity index is 1030. The van der Waals surface area contributed by atoms with E-state index in [0.29, 0.717) is 18.4 Å². The van der Waals surface area contributed by atoms with Crippen LogP contribution in [-0.4, -0.2) is 37.0 Å². The Morgan fingerprint density at radius 2 is 2.00 bits per heavy atom. The average Bonchev–Trinajstić information content (AvgIpc) is 3.25. The maximum atomic E-state index is 12.7. The maximum absolute atomic E-state index is 12.7. The number of hydrogen-bond donors (Lipinski definition) is 1. The number of nitrogens with zero attached hydrogens (tertiary/aromatic N) is 1. The Kier molecular flexibility index (Phi) is 5.85. The van der Waals surface area contributed by atoms with Crippen LogP contribution in [0.2, 0.25) is 5.02 Å². The molecule has 2 aromatic rings. The molecule has 1 aromatic carbocycles. The number of benzene rings is 1. The molecule has 1 heterocycles. The van der Waals surface area contributed by atoms with E-state index in [-0.39, 0.29) is 26.8 Å². The molecule has 1 amide bonds. The third-order valence-corrected chi connectivity index (χ3v) is 6.03. The molecule has 0 aliphatic heterocycles. The summed E-state index contributed by atoms with van der Waals surface area (Å²) in [4.78, 5) is 48.2. The number of aryl methyl sites for hydroxylation is 1. The summed E-state index contributed by atoms with van der Waals surface area (Å²) in [5.74, 6) is -2.43. The molecule has 29 heavy (non-hydrogen) atoms. The topological polar surface area (TPSA) is 125 Å². The van der Waals surface area contributed by atoms with Crippen LogP contribution in [0.5, 0.6) is 0 Å². The van der Waals surface area contributed by atoms with Gasteiger partial charge in [0.15, 0.2) is 0 Å². The van der Waals surface area contributed by atoms with E-state index in [4.69, 9.17) is 21.1 Å². The van der Waals surface area contributed by atoms with Crippen molar-refractivity contribution in [2.75, 3.05) is 19.5 Å². The maximum Gasteiger partial charge on any atom is 0.341 e. The molecule has 3 rings (SSSR count). The smallest absolute Gasteiger partial charge is 0.341 e. The first-order chi connectivity index (χ1) is 13.8. The van der Waals surface area contributed by atoms with Gasteiger partial charge in [-0.3, -0.25) is 19.7 Å². The highest BCUT2D eigenvalue weighted by molar-refractivity contribution is 7.17. The summed E-state index contributed by atoms with van der Waals surface area (Å²) in [7, 11) is 2.47. The van der Waals surface area contributed by atoms with E-state index < -0.39 is 28.7 Å². The van der Waals surface area contributed by atoms with Crippen molar-refractivity contribution in [2.45, 2.75) is 18.8 Å². The molecule has 0 radical (unpaired) electrons. The number of halogens is 1. The minimum absolute atomic E-state index is 0.00570. The predicted octanol–water partition coefficient (Wildman–Crippen LogP) is 3.55. The summed E-state index contributed by atoms with van der Waals surface area (Å²) >= 11 is 7.18. The van der Waals surface area contributed by atoms with E-state index in [1.807, 2.05) is 0 Å². The summed E-state index contributed by atoms with van der Waals surface area (Å²) in [6, 6.07) is 3.45. The van der Waals surface area contributed by atoms with Gasteiger partial charge in [0.25, 0.3) is 11.6 Å². The molecular weight excluding hydrogens is 424 g/mol. The Morgan fingerprint density at radius 3 is 2.59 bits per heavy atom. The SMILES string of the molecule is COC(=O)c1c(NC(=O)c2ccc([N+](=O)[O-])cc2Cl)sc2c1[C@H](C(=O)OC)CC2. The third kappa shape index (κ3) is 3.81. The lowest BCUT2D eigenvalue weighted by molar-refractivity contribution is -0.384. The quantitative estimate of drug-likeness (QED) is 0.429. The largest absolute Gasteiger partial charge is 0.469 e. The second-order valence-electron chi connectivity index (χ2n) is 6.12. The van der Waals surface area contributed by atoms with E-state index in [1.165, 1.54) is 31.6 Å². The summed E-state index contributed by atoms with van der Waals surface area (Å²) < 4.78 is 9.66. The van der Waals surface area contributed by atoms with Crippen LogP contribution in [0.15, 0.2) is 18.2 Å². The molecule has 1 aliphatic rings. The van der Waals surface area contributed by atoms with Crippen LogP contribution in [0, 0.1) is 10.1 Å². The fraction of sp³-hybridized carbons (Fsp3) is 0.278. The number of non-ortho nitro benzene ring substituents is 1. The van der Waals surface area contributed by atoms with Crippen molar-refractivity contribution in [3.8, 4) is 0 Å². The first-order valence-corrected chi connectivity index (χ1v) is 9.54. The second-order valence-corrected chi connectivity index (χ2v) is 7.64. The van der Waals surface area contributed by atoms with Crippen LogP contribution < -0.4 is 5.32 Å². The molecular formula is C18H15ClN2O7S. The van der Waals surface area contributed by atoms with Crippen LogP contribution in [0.1, 0.15) is 43.5 Å². The van der Waals surface area contributed by atoms with Crippen molar-refractivity contribution < 1.29 is 28.8 Å². The van der Waals surface area contributed by atoms with Gasteiger partial charge in [-0.05, 0) is 24.5 Å². The number of nitro benzene ring substituents is 1. The molecule has 9 nitrogen and oxygen atoms in total. The van der Waals surface area contributed by atoms with E-state index in [1.54, 1.807) is 0 Å². The van der Waals surface area contributed by atoms with Gasteiger partial charge in [-0.15, -0.1) is 11.3 Å². The average molecular weight is 439 g/mol. The fourth-order valence-electron chi connectivity index (χ4n) is 3.21. The molecule has 0 fully saturated rings. The number of anilines is 1. The van der Waals surface area contributed by atoms with E-state index in [9.17, 15) is 24.5 Å². The standard InChI is InChI=1S/C18H15ClN2O7S/c1-27-17(23)10-5-6-12-13(10)14(18(24)28-2)16(29-12)20-15(22)9-4-3-8(21(25)26)7-11(9)19/h3-4,7,10H,5-6H2,1-2H3,(H,20,22)/t10-/m1/s1. The number of carbonyl (C=O) groups is 3. The summed E-state index contributed by atoms with van der Waals surface area (Å²) in [6.07, 6.45) is 1.05. The Morgan fingerprint density at radius 1 is 1.28 bits per heavy atom. The molecule has 1 atom stereocenters. The molecule has 1 aromatic heterocycles. The lowest BCUT2D eigenvalue weighted by Crippen LogP contribution is -2.18. The second kappa shape index (κ2) is 8.18. The number of thiophene rings is 1. The van der Waals surface area contributed by atoms with Crippen molar-refractivity contribution in [1.82, 2.24) is 0 Å². The lowest BCUT2D eigenvalue weighted by atomic mass is 9.99. The Balaban J connectivity index is 1.98. The third-order valence-electron chi connectivity index (χ3n) is 4.54. The van der Waals surface area contributed by atoms with Gasteiger partial charge in [-0.2, -0.15) is 0 Å². The van der Waals surface area contributed by atoms with Crippen LogP contribution in [0.3, 0.4) is 0 Å². The lowest BCUT2D eigenvalue weighted by Gasteiger charge is -2.12. The highest BCUT2D eigenvalue weighted by atomic mass is 35.5. The van der Waals surface area contributed by atoms with Gasteiger partial charge in [0.1, 0.15) is 5.00 Å². The van der Waals surface area contributed by atoms with Crippen molar-refractivity contribution in [3.63, 3.8) is 0 Å². The Labute approximate surface area is 173 Å².